The number of rotatable bonds is 7. The summed E-state index contributed by atoms with van der Waals surface area (Å²) >= 11 is 0. The molecule has 0 heterocycles. The van der Waals surface area contributed by atoms with Crippen molar-refractivity contribution < 1.29 is 23.1 Å². The molecule has 0 amide bonds. The number of methoxy groups -OCH3 is 1. The molecule has 0 bridgehead atoms. The van der Waals surface area contributed by atoms with Crippen molar-refractivity contribution in [3.05, 3.63) is 29.3 Å². The van der Waals surface area contributed by atoms with E-state index in [1.807, 2.05) is 0 Å². The second-order valence-electron chi connectivity index (χ2n) is 4.30. The van der Waals surface area contributed by atoms with Gasteiger partial charge in [-0.1, -0.05) is 6.07 Å². The highest BCUT2D eigenvalue weighted by molar-refractivity contribution is 7.91. The zero-order chi connectivity index (χ0) is 14.5. The summed E-state index contributed by atoms with van der Waals surface area (Å²) in [6.07, 6.45) is 1.15. The van der Waals surface area contributed by atoms with Crippen molar-refractivity contribution >= 4 is 15.8 Å². The Morgan fingerprint density at radius 3 is 2.58 bits per heavy atom. The van der Waals surface area contributed by atoms with E-state index in [0.717, 1.165) is 0 Å². The molecule has 0 fully saturated rings. The summed E-state index contributed by atoms with van der Waals surface area (Å²) in [4.78, 5) is 11.1. The standard InChI is InChI=1S/C13H18O5S/c1-10-5-6-11(9-12(10)13(14)15)19(16,17)8-4-3-7-18-2/h5-6,9H,3-4,7-8H2,1-2H3,(H,14,15). The number of hydrogen-bond acceptors (Lipinski definition) is 4. The van der Waals surface area contributed by atoms with E-state index in [4.69, 9.17) is 9.84 Å². The fourth-order valence-corrected chi connectivity index (χ4v) is 3.07. The number of hydrogen-bond donors (Lipinski definition) is 1. The Balaban J connectivity index is 2.89. The maximum atomic E-state index is 12.0. The van der Waals surface area contributed by atoms with Crippen LogP contribution in [0.3, 0.4) is 0 Å². The minimum atomic E-state index is -3.43. The third-order valence-electron chi connectivity index (χ3n) is 2.81. The average molecular weight is 286 g/mol. The highest BCUT2D eigenvalue weighted by Gasteiger charge is 2.17. The third-order valence-corrected chi connectivity index (χ3v) is 4.61. The fraction of sp³-hybridized carbons (Fsp3) is 0.462. The lowest BCUT2D eigenvalue weighted by Crippen LogP contribution is -2.10. The van der Waals surface area contributed by atoms with Gasteiger partial charge in [0.05, 0.1) is 16.2 Å². The van der Waals surface area contributed by atoms with E-state index >= 15 is 0 Å². The van der Waals surface area contributed by atoms with Crippen molar-refractivity contribution in [1.29, 1.82) is 0 Å². The first kappa shape index (κ1) is 15.7. The van der Waals surface area contributed by atoms with Crippen LogP contribution in [0.15, 0.2) is 23.1 Å². The number of carbonyl (C=O) groups is 1. The predicted octanol–water partition coefficient (Wildman–Crippen LogP) is 1.89. The van der Waals surface area contributed by atoms with E-state index in [1.165, 1.54) is 18.2 Å². The van der Waals surface area contributed by atoms with Crippen molar-refractivity contribution in [1.82, 2.24) is 0 Å². The molecule has 0 saturated heterocycles. The van der Waals surface area contributed by atoms with Crippen LogP contribution in [0, 0.1) is 6.92 Å². The summed E-state index contributed by atoms with van der Waals surface area (Å²) in [5.41, 5.74) is 0.573. The van der Waals surface area contributed by atoms with Crippen LogP contribution in [-0.4, -0.2) is 39.0 Å². The summed E-state index contributed by atoms with van der Waals surface area (Å²) in [6, 6.07) is 4.20. The van der Waals surface area contributed by atoms with Crippen LogP contribution in [0.5, 0.6) is 0 Å². The van der Waals surface area contributed by atoms with Crippen molar-refractivity contribution in [3.8, 4) is 0 Å². The molecule has 0 aromatic heterocycles. The lowest BCUT2D eigenvalue weighted by atomic mass is 10.1. The smallest absolute Gasteiger partial charge is 0.335 e. The Hall–Kier alpha value is -1.40. The van der Waals surface area contributed by atoms with Crippen LogP contribution >= 0.6 is 0 Å². The number of unbranched alkanes of at least 4 members (excludes halogenated alkanes) is 1. The van der Waals surface area contributed by atoms with Gasteiger partial charge in [0.25, 0.3) is 0 Å². The maximum absolute atomic E-state index is 12.0. The molecule has 0 unspecified atom stereocenters. The minimum Gasteiger partial charge on any atom is -0.478 e. The first-order chi connectivity index (χ1) is 8.88. The quantitative estimate of drug-likeness (QED) is 0.774. The van der Waals surface area contributed by atoms with Gasteiger partial charge >= 0.3 is 5.97 Å². The number of aryl methyl sites for hydroxylation is 1. The Kier molecular flexibility index (Phi) is 5.50. The molecule has 106 valence electrons. The van der Waals surface area contributed by atoms with Gasteiger partial charge < -0.3 is 9.84 Å². The summed E-state index contributed by atoms with van der Waals surface area (Å²) < 4.78 is 29.0. The topological polar surface area (TPSA) is 80.7 Å². The molecule has 0 aliphatic rings. The van der Waals surface area contributed by atoms with Gasteiger partial charge in [0.2, 0.25) is 0 Å². The first-order valence-electron chi connectivity index (χ1n) is 5.94. The molecular formula is C13H18O5S. The molecule has 5 nitrogen and oxygen atoms in total. The Bertz CT molecular complexity index is 548. The zero-order valence-electron chi connectivity index (χ0n) is 11.0. The fourth-order valence-electron chi connectivity index (χ4n) is 1.68. The Morgan fingerprint density at radius 2 is 2.00 bits per heavy atom. The van der Waals surface area contributed by atoms with E-state index in [2.05, 4.69) is 0 Å². The van der Waals surface area contributed by atoms with Gasteiger partial charge in [0.15, 0.2) is 9.84 Å². The minimum absolute atomic E-state index is 0.00151. The van der Waals surface area contributed by atoms with Crippen LogP contribution in [0.1, 0.15) is 28.8 Å². The van der Waals surface area contributed by atoms with Gasteiger partial charge in [0.1, 0.15) is 0 Å². The SMILES string of the molecule is COCCCCS(=O)(=O)c1ccc(C)c(C(=O)O)c1. The molecule has 0 atom stereocenters. The van der Waals surface area contributed by atoms with Crippen molar-refractivity contribution in [2.75, 3.05) is 19.5 Å². The predicted molar refractivity (Wildman–Crippen MR) is 71.3 cm³/mol. The van der Waals surface area contributed by atoms with E-state index in [1.54, 1.807) is 14.0 Å². The number of aromatic carboxylic acids is 1. The van der Waals surface area contributed by atoms with Gasteiger partial charge in [-0.25, -0.2) is 13.2 Å². The molecule has 6 heteroatoms. The molecule has 0 aliphatic carbocycles. The number of benzene rings is 1. The number of carboxylic acids is 1. The summed E-state index contributed by atoms with van der Waals surface area (Å²) in [5.74, 6) is -1.12. The highest BCUT2D eigenvalue weighted by atomic mass is 32.2. The summed E-state index contributed by atoms with van der Waals surface area (Å²) in [5, 5.41) is 8.99. The normalized spacial score (nSPS) is 11.5. The monoisotopic (exact) mass is 286 g/mol. The van der Waals surface area contributed by atoms with E-state index in [-0.39, 0.29) is 16.2 Å². The molecular weight excluding hydrogens is 268 g/mol. The molecule has 1 rings (SSSR count). The van der Waals surface area contributed by atoms with Crippen LogP contribution in [0.4, 0.5) is 0 Å². The lowest BCUT2D eigenvalue weighted by molar-refractivity contribution is 0.0696. The molecule has 1 aromatic rings. The summed E-state index contributed by atoms with van der Waals surface area (Å²) in [6.45, 7) is 2.15. The van der Waals surface area contributed by atoms with Crippen LogP contribution < -0.4 is 0 Å². The van der Waals surface area contributed by atoms with Crippen LogP contribution in [0.2, 0.25) is 0 Å². The van der Waals surface area contributed by atoms with Gasteiger partial charge in [-0.05, 0) is 37.5 Å². The van der Waals surface area contributed by atoms with Crippen molar-refractivity contribution in [2.45, 2.75) is 24.7 Å². The van der Waals surface area contributed by atoms with Crippen LogP contribution in [0.25, 0.3) is 0 Å². The Morgan fingerprint density at radius 1 is 1.32 bits per heavy atom. The van der Waals surface area contributed by atoms with Gasteiger partial charge in [-0.3, -0.25) is 0 Å². The highest BCUT2D eigenvalue weighted by Crippen LogP contribution is 2.18. The van der Waals surface area contributed by atoms with E-state index < -0.39 is 15.8 Å². The van der Waals surface area contributed by atoms with Crippen molar-refractivity contribution in [3.63, 3.8) is 0 Å². The first-order valence-corrected chi connectivity index (χ1v) is 7.59. The molecule has 0 saturated carbocycles. The third kappa shape index (κ3) is 4.33. The lowest BCUT2D eigenvalue weighted by Gasteiger charge is -2.07. The maximum Gasteiger partial charge on any atom is 0.335 e. The molecule has 0 radical (unpaired) electrons. The van der Waals surface area contributed by atoms with Gasteiger partial charge in [-0.15, -0.1) is 0 Å². The largest absolute Gasteiger partial charge is 0.478 e. The molecule has 1 N–H and O–H groups in total. The second kappa shape index (κ2) is 6.68. The van der Waals surface area contributed by atoms with Gasteiger partial charge in [0, 0.05) is 13.7 Å². The van der Waals surface area contributed by atoms with Gasteiger partial charge in [-0.2, -0.15) is 0 Å². The Labute approximate surface area is 113 Å². The van der Waals surface area contributed by atoms with Crippen molar-refractivity contribution in [2.24, 2.45) is 0 Å². The van der Waals surface area contributed by atoms with E-state index in [9.17, 15) is 13.2 Å². The number of sulfone groups is 1. The number of ether oxygens (including phenoxy) is 1. The zero-order valence-corrected chi connectivity index (χ0v) is 11.9. The molecule has 0 aliphatic heterocycles. The van der Waals surface area contributed by atoms with Crippen LogP contribution in [-0.2, 0) is 14.6 Å². The number of carboxylic acid groups (broad SMARTS) is 1. The van der Waals surface area contributed by atoms with E-state index in [0.29, 0.717) is 25.0 Å². The second-order valence-corrected chi connectivity index (χ2v) is 6.41. The summed E-state index contributed by atoms with van der Waals surface area (Å²) in [7, 11) is -1.87. The molecule has 19 heavy (non-hydrogen) atoms. The molecule has 1 aromatic carbocycles. The molecule has 0 spiro atoms. The average Bonchev–Trinajstić information content (AvgIpc) is 2.34.